The van der Waals surface area contributed by atoms with Crippen LogP contribution in [0.15, 0.2) is 4.99 Å². The van der Waals surface area contributed by atoms with Gasteiger partial charge in [0.05, 0.1) is 19.0 Å². The number of hydrogen-bond acceptors (Lipinski definition) is 5. The van der Waals surface area contributed by atoms with Gasteiger partial charge >= 0.3 is 0 Å². The molecule has 0 aliphatic carbocycles. The fraction of sp³-hybridized carbons (Fsp3) is 0.625. The topological polar surface area (TPSA) is 141 Å². The van der Waals surface area contributed by atoms with E-state index in [4.69, 9.17) is 21.0 Å². The van der Waals surface area contributed by atoms with Gasteiger partial charge in [-0.05, 0) is 0 Å². The average molecular weight is 230 g/mol. The summed E-state index contributed by atoms with van der Waals surface area (Å²) in [5.74, 6) is -1.51. The molecule has 3 atom stereocenters. The highest BCUT2D eigenvalue weighted by Crippen LogP contribution is 2.17. The summed E-state index contributed by atoms with van der Waals surface area (Å²) in [4.78, 5) is 13.8. The number of amides is 1. The van der Waals surface area contributed by atoms with Crippen molar-refractivity contribution in [3.05, 3.63) is 0 Å². The van der Waals surface area contributed by atoms with Crippen molar-refractivity contribution in [3.8, 4) is 0 Å². The van der Waals surface area contributed by atoms with Crippen molar-refractivity contribution < 1.29 is 19.7 Å². The largest absolute Gasteiger partial charge is 0.394 e. The van der Waals surface area contributed by atoms with Gasteiger partial charge in [-0.25, -0.2) is 4.99 Å². The van der Waals surface area contributed by atoms with Crippen molar-refractivity contribution in [2.24, 2.45) is 10.7 Å². The molecule has 8 heteroatoms. The van der Waals surface area contributed by atoms with E-state index in [9.17, 15) is 9.90 Å². The molecule has 0 radical (unpaired) electrons. The molecule has 6 N–H and O–H groups in total. The zero-order chi connectivity index (χ0) is 12.1. The van der Waals surface area contributed by atoms with Gasteiger partial charge in [-0.3, -0.25) is 10.2 Å². The predicted molar refractivity (Wildman–Crippen MR) is 54.9 cm³/mol. The molecule has 1 unspecified atom stereocenters. The van der Waals surface area contributed by atoms with Gasteiger partial charge in [-0.2, -0.15) is 0 Å². The number of aliphatic hydroxyl groups excluding tert-OH is 2. The lowest BCUT2D eigenvalue weighted by molar-refractivity contribution is -0.112. The maximum atomic E-state index is 10.4. The number of carbonyl (C=O) groups is 1. The summed E-state index contributed by atoms with van der Waals surface area (Å²) in [6.07, 6.45) is -0.477. The second-order valence-corrected chi connectivity index (χ2v) is 3.29. The highest BCUT2D eigenvalue weighted by atomic mass is 16.5. The van der Waals surface area contributed by atoms with Crippen LogP contribution in [0.3, 0.4) is 0 Å². The Morgan fingerprint density at radius 3 is 2.94 bits per heavy atom. The molecule has 16 heavy (non-hydrogen) atoms. The Labute approximate surface area is 91.6 Å². The molecule has 0 aromatic heterocycles. The molecular formula is C8H14N4O4. The Balaban J connectivity index is 2.35. The molecule has 1 saturated heterocycles. The first-order valence-corrected chi connectivity index (χ1v) is 4.66. The molecule has 1 heterocycles. The zero-order valence-corrected chi connectivity index (χ0v) is 8.46. The fourth-order valence-corrected chi connectivity index (χ4v) is 1.25. The number of ether oxygens (including phenoxy) is 1. The first-order chi connectivity index (χ1) is 7.54. The van der Waals surface area contributed by atoms with E-state index in [1.54, 1.807) is 0 Å². The minimum Gasteiger partial charge on any atom is -0.394 e. The first kappa shape index (κ1) is 12.6. The number of nitrogens with one attached hydrogen (secondary N) is 2. The standard InChI is InChI=1S/C8H14N4O4/c9-7(8(10)15)12-3-11-6-1-4(14)5(2-13)16-6/h3-6,13-14H,1-2H2,(H2,10,15)(H2,9,11,12)/t4-,5+,6?/m0/s1. The van der Waals surface area contributed by atoms with E-state index >= 15 is 0 Å². The van der Waals surface area contributed by atoms with Crippen LogP contribution in [0.2, 0.25) is 0 Å². The number of carbonyl (C=O) groups excluding carboxylic acids is 1. The van der Waals surface area contributed by atoms with E-state index in [1.807, 2.05) is 0 Å². The third kappa shape index (κ3) is 3.26. The second kappa shape index (κ2) is 5.54. The minimum atomic E-state index is -0.932. The number of nitrogens with two attached hydrogens (primary N) is 1. The molecule has 0 aromatic rings. The van der Waals surface area contributed by atoms with Gasteiger partial charge in [0.2, 0.25) is 5.84 Å². The minimum absolute atomic E-state index is 0.270. The molecule has 1 aliphatic heterocycles. The van der Waals surface area contributed by atoms with Gasteiger partial charge in [0.15, 0.2) is 0 Å². The molecule has 1 rings (SSSR count). The molecule has 0 bridgehead atoms. The van der Waals surface area contributed by atoms with Crippen LogP contribution in [0.1, 0.15) is 6.42 Å². The van der Waals surface area contributed by atoms with Crippen LogP contribution in [-0.2, 0) is 9.53 Å². The van der Waals surface area contributed by atoms with Crippen LogP contribution in [-0.4, -0.2) is 53.3 Å². The Bertz CT molecular complexity index is 306. The van der Waals surface area contributed by atoms with Gasteiger partial charge in [0.25, 0.3) is 5.91 Å². The van der Waals surface area contributed by atoms with Gasteiger partial charge in [-0.1, -0.05) is 0 Å². The predicted octanol–water partition coefficient (Wildman–Crippen LogP) is -2.46. The maximum Gasteiger partial charge on any atom is 0.285 e. The number of aliphatic imine (C=N–C) groups is 1. The highest BCUT2D eigenvalue weighted by molar-refractivity contribution is 6.37. The smallest absolute Gasteiger partial charge is 0.285 e. The maximum absolute atomic E-state index is 10.4. The van der Waals surface area contributed by atoms with E-state index in [0.29, 0.717) is 6.42 Å². The summed E-state index contributed by atoms with van der Waals surface area (Å²) in [5, 5.41) is 27.8. The molecule has 1 fully saturated rings. The average Bonchev–Trinajstić information content (AvgIpc) is 2.58. The normalized spacial score (nSPS) is 29.5. The van der Waals surface area contributed by atoms with Gasteiger partial charge < -0.3 is 26.0 Å². The summed E-state index contributed by atoms with van der Waals surface area (Å²) in [5.41, 5.74) is 4.79. The van der Waals surface area contributed by atoms with Crippen LogP contribution in [0.5, 0.6) is 0 Å². The second-order valence-electron chi connectivity index (χ2n) is 3.29. The van der Waals surface area contributed by atoms with E-state index in [1.165, 1.54) is 0 Å². The van der Waals surface area contributed by atoms with E-state index < -0.39 is 30.2 Å². The summed E-state index contributed by atoms with van der Waals surface area (Å²) >= 11 is 0. The molecule has 0 aromatic carbocycles. The highest BCUT2D eigenvalue weighted by Gasteiger charge is 2.32. The van der Waals surface area contributed by atoms with Crippen LogP contribution in [0.25, 0.3) is 0 Å². The van der Waals surface area contributed by atoms with E-state index in [0.717, 1.165) is 6.34 Å². The van der Waals surface area contributed by atoms with Crippen molar-refractivity contribution in [1.29, 1.82) is 5.41 Å². The monoisotopic (exact) mass is 230 g/mol. The van der Waals surface area contributed by atoms with Crippen LogP contribution in [0, 0.1) is 5.41 Å². The third-order valence-electron chi connectivity index (χ3n) is 2.09. The first-order valence-electron chi connectivity index (χ1n) is 4.66. The molecular weight excluding hydrogens is 216 g/mol. The van der Waals surface area contributed by atoms with Crippen LogP contribution < -0.4 is 11.1 Å². The van der Waals surface area contributed by atoms with Gasteiger partial charge in [-0.15, -0.1) is 0 Å². The SMILES string of the molecule is N=C(/N=C\NC1C[C@H](O)[C@@H](CO)O1)C(N)=O. The Hall–Kier alpha value is -1.51. The molecule has 0 spiro atoms. The van der Waals surface area contributed by atoms with Crippen molar-refractivity contribution in [3.63, 3.8) is 0 Å². The van der Waals surface area contributed by atoms with Gasteiger partial charge in [0.1, 0.15) is 12.3 Å². The molecule has 1 amide bonds. The lowest BCUT2D eigenvalue weighted by Gasteiger charge is -2.11. The van der Waals surface area contributed by atoms with Crippen molar-refractivity contribution >= 4 is 18.1 Å². The molecule has 90 valence electrons. The molecule has 8 nitrogen and oxygen atoms in total. The quantitative estimate of drug-likeness (QED) is 0.270. The van der Waals surface area contributed by atoms with E-state index in [2.05, 4.69) is 10.3 Å². The van der Waals surface area contributed by atoms with Crippen molar-refractivity contribution in [2.75, 3.05) is 6.61 Å². The fourth-order valence-electron chi connectivity index (χ4n) is 1.25. The number of amidine groups is 1. The summed E-state index contributed by atoms with van der Waals surface area (Å²) in [6, 6.07) is 0. The Morgan fingerprint density at radius 2 is 2.44 bits per heavy atom. The molecule has 1 aliphatic rings. The van der Waals surface area contributed by atoms with Crippen molar-refractivity contribution in [1.82, 2.24) is 5.32 Å². The summed E-state index contributed by atoms with van der Waals surface area (Å²) < 4.78 is 5.18. The van der Waals surface area contributed by atoms with Gasteiger partial charge in [0, 0.05) is 6.42 Å². The number of primary amides is 1. The summed E-state index contributed by atoms with van der Waals surface area (Å²) in [7, 11) is 0. The number of aliphatic hydroxyl groups is 2. The molecule has 0 saturated carbocycles. The zero-order valence-electron chi connectivity index (χ0n) is 8.46. The lowest BCUT2D eigenvalue weighted by Crippen LogP contribution is -2.30. The van der Waals surface area contributed by atoms with E-state index in [-0.39, 0.29) is 6.61 Å². The Kier molecular flexibility index (Phi) is 4.35. The number of rotatable bonds is 3. The summed E-state index contributed by atoms with van der Waals surface area (Å²) in [6.45, 7) is -0.270. The van der Waals surface area contributed by atoms with Crippen LogP contribution in [0.4, 0.5) is 0 Å². The van der Waals surface area contributed by atoms with Crippen molar-refractivity contribution in [2.45, 2.75) is 24.9 Å². The Morgan fingerprint density at radius 1 is 1.75 bits per heavy atom. The number of nitrogens with zero attached hydrogens (tertiary/aromatic N) is 1. The third-order valence-corrected chi connectivity index (χ3v) is 2.09. The lowest BCUT2D eigenvalue weighted by atomic mass is 10.2. The number of hydrogen-bond donors (Lipinski definition) is 5. The van der Waals surface area contributed by atoms with Crippen LogP contribution >= 0.6 is 0 Å².